The molecule has 0 heterocycles. The van der Waals surface area contributed by atoms with Crippen LogP contribution in [0.5, 0.6) is 0 Å². The molecule has 0 amide bonds. The second-order valence-electron chi connectivity index (χ2n) is 7.14. The molecule has 2 saturated carbocycles. The van der Waals surface area contributed by atoms with Gasteiger partial charge in [-0.1, -0.05) is 38.8 Å². The molecule has 0 nitrogen and oxygen atoms in total. The van der Waals surface area contributed by atoms with E-state index >= 15 is 0 Å². The number of hydrogen-bond acceptors (Lipinski definition) is 0. The molecule has 0 unspecified atom stereocenters. The zero-order valence-electron chi connectivity index (χ0n) is 10.6. The first-order valence-electron chi connectivity index (χ1n) is 6.63. The first-order chi connectivity index (χ1) is 6.97. The van der Waals surface area contributed by atoms with Crippen molar-refractivity contribution < 1.29 is 0 Å². The molecule has 0 heteroatoms. The summed E-state index contributed by atoms with van der Waals surface area (Å²) in [6, 6.07) is 0. The molecule has 0 aromatic carbocycles. The van der Waals surface area contributed by atoms with Crippen LogP contribution in [0.4, 0.5) is 0 Å². The van der Waals surface area contributed by atoms with E-state index in [4.69, 9.17) is 0 Å². The zero-order valence-corrected chi connectivity index (χ0v) is 10.6. The Kier molecular flexibility index (Phi) is 1.79. The predicted octanol–water partition coefficient (Wildman–Crippen LogP) is 4.42. The first-order valence-corrected chi connectivity index (χ1v) is 6.63. The molecule has 0 spiro atoms. The molecule has 4 aliphatic carbocycles. The maximum atomic E-state index is 2.57. The average molecular weight is 204 g/mol. The Bertz CT molecular complexity index is 323. The largest absolute Gasteiger partial charge is 0.0850 e. The fourth-order valence-corrected chi connectivity index (χ4v) is 5.25. The molecule has 4 atom stereocenters. The van der Waals surface area contributed by atoms with Gasteiger partial charge >= 0.3 is 0 Å². The number of rotatable bonds is 0. The van der Waals surface area contributed by atoms with Crippen molar-refractivity contribution in [3.05, 3.63) is 11.6 Å². The van der Waals surface area contributed by atoms with Crippen molar-refractivity contribution in [1.82, 2.24) is 0 Å². The molecule has 0 aromatic heterocycles. The lowest BCUT2D eigenvalue weighted by molar-refractivity contribution is -0.138. The molecule has 4 aliphatic rings. The van der Waals surface area contributed by atoms with E-state index in [1.165, 1.54) is 25.7 Å². The van der Waals surface area contributed by atoms with Crippen LogP contribution >= 0.6 is 0 Å². The van der Waals surface area contributed by atoms with Gasteiger partial charge in [-0.05, 0) is 54.8 Å². The van der Waals surface area contributed by atoms with E-state index in [1.807, 2.05) is 0 Å². The van der Waals surface area contributed by atoms with Crippen LogP contribution in [0.1, 0.15) is 53.4 Å². The summed E-state index contributed by atoms with van der Waals surface area (Å²) in [5.41, 5.74) is 2.98. The fraction of sp³-hybridized carbons (Fsp3) is 0.867. The molecule has 84 valence electrons. The van der Waals surface area contributed by atoms with Gasteiger partial charge in [-0.2, -0.15) is 0 Å². The number of fused-ring (bicyclic) bond motifs is 1. The lowest BCUT2D eigenvalue weighted by atomic mass is 9.38. The highest BCUT2D eigenvalue weighted by atomic mass is 14.7. The summed E-state index contributed by atoms with van der Waals surface area (Å²) < 4.78 is 0. The van der Waals surface area contributed by atoms with E-state index in [0.29, 0.717) is 10.8 Å². The maximum Gasteiger partial charge on any atom is -0.0113 e. The van der Waals surface area contributed by atoms with Crippen LogP contribution < -0.4 is 0 Å². The molecule has 0 saturated heterocycles. The average Bonchev–Trinajstić information content (AvgIpc) is 2.30. The van der Waals surface area contributed by atoms with Crippen LogP contribution in [0.3, 0.4) is 0 Å². The van der Waals surface area contributed by atoms with E-state index in [9.17, 15) is 0 Å². The van der Waals surface area contributed by atoms with Gasteiger partial charge in [0.1, 0.15) is 0 Å². The van der Waals surface area contributed by atoms with Crippen molar-refractivity contribution in [2.45, 2.75) is 53.4 Å². The van der Waals surface area contributed by atoms with Crippen molar-refractivity contribution in [1.29, 1.82) is 0 Å². The summed E-state index contributed by atoms with van der Waals surface area (Å²) in [4.78, 5) is 0. The zero-order chi connectivity index (χ0) is 10.8. The van der Waals surface area contributed by atoms with Crippen molar-refractivity contribution in [3.63, 3.8) is 0 Å². The monoisotopic (exact) mass is 204 g/mol. The Hall–Kier alpha value is -0.260. The molecule has 0 aliphatic heterocycles. The minimum atomic E-state index is 0.598. The molecule has 0 radical (unpaired) electrons. The van der Waals surface area contributed by atoms with Gasteiger partial charge in [0.2, 0.25) is 0 Å². The summed E-state index contributed by atoms with van der Waals surface area (Å²) in [5.74, 6) is 2.92. The molecule has 2 fully saturated rings. The highest BCUT2D eigenvalue weighted by Crippen LogP contribution is 2.72. The Morgan fingerprint density at radius 1 is 1.20 bits per heavy atom. The van der Waals surface area contributed by atoms with Gasteiger partial charge in [-0.25, -0.2) is 0 Å². The van der Waals surface area contributed by atoms with Crippen LogP contribution in [-0.4, -0.2) is 0 Å². The second-order valence-corrected chi connectivity index (χ2v) is 7.14. The van der Waals surface area contributed by atoms with Gasteiger partial charge in [-0.3, -0.25) is 0 Å². The maximum absolute atomic E-state index is 2.57. The minimum Gasteiger partial charge on any atom is -0.0850 e. The number of hydrogen-bond donors (Lipinski definition) is 0. The molecule has 0 N–H and O–H groups in total. The van der Waals surface area contributed by atoms with Gasteiger partial charge in [0.25, 0.3) is 0 Å². The van der Waals surface area contributed by atoms with E-state index in [0.717, 1.165) is 17.8 Å². The Balaban J connectivity index is 2.06. The Morgan fingerprint density at radius 3 is 2.60 bits per heavy atom. The van der Waals surface area contributed by atoms with Crippen molar-refractivity contribution in [2.75, 3.05) is 0 Å². The van der Waals surface area contributed by atoms with Gasteiger partial charge in [0.05, 0.1) is 0 Å². The van der Waals surface area contributed by atoms with E-state index < -0.39 is 0 Å². The first kappa shape index (κ1) is 9.93. The van der Waals surface area contributed by atoms with Gasteiger partial charge in [-0.15, -0.1) is 0 Å². The van der Waals surface area contributed by atoms with Crippen LogP contribution in [0, 0.1) is 28.6 Å². The van der Waals surface area contributed by atoms with Crippen molar-refractivity contribution >= 4 is 0 Å². The van der Waals surface area contributed by atoms with Crippen LogP contribution in [0.25, 0.3) is 0 Å². The quantitative estimate of drug-likeness (QED) is 0.513. The summed E-state index contributed by atoms with van der Waals surface area (Å²) >= 11 is 0. The van der Waals surface area contributed by atoms with Crippen LogP contribution in [0.15, 0.2) is 11.6 Å². The van der Waals surface area contributed by atoms with E-state index in [-0.39, 0.29) is 0 Å². The highest BCUT2D eigenvalue weighted by Gasteiger charge is 2.64. The standard InChI is InChI=1S/C15H24/c1-10-6-7-11-13-12(10)15(11,4)9-5-8-14(13,2)3/h6,11-13H,5,7-9H2,1-4H3/t11-,12+,13+,15-/m1/s1. The van der Waals surface area contributed by atoms with Gasteiger partial charge < -0.3 is 0 Å². The van der Waals surface area contributed by atoms with E-state index in [2.05, 4.69) is 33.8 Å². The van der Waals surface area contributed by atoms with Gasteiger partial charge in [0.15, 0.2) is 0 Å². The third-order valence-electron chi connectivity index (χ3n) is 5.97. The van der Waals surface area contributed by atoms with E-state index in [1.54, 1.807) is 5.57 Å². The lowest BCUT2D eigenvalue weighted by Crippen LogP contribution is -2.60. The summed E-state index contributed by atoms with van der Waals surface area (Å²) in [5, 5.41) is 0. The molecular formula is C15H24. The molecule has 0 aromatic rings. The summed E-state index contributed by atoms with van der Waals surface area (Å²) in [6.07, 6.45) is 8.28. The minimum absolute atomic E-state index is 0.598. The predicted molar refractivity (Wildman–Crippen MR) is 64.6 cm³/mol. The second kappa shape index (κ2) is 2.70. The van der Waals surface area contributed by atoms with Crippen molar-refractivity contribution in [3.8, 4) is 0 Å². The Labute approximate surface area is 94.1 Å². The van der Waals surface area contributed by atoms with Crippen molar-refractivity contribution in [2.24, 2.45) is 28.6 Å². The molecular weight excluding hydrogens is 180 g/mol. The molecule has 4 rings (SSSR count). The normalized spacial score (nSPS) is 51.5. The molecule has 15 heavy (non-hydrogen) atoms. The lowest BCUT2D eigenvalue weighted by Gasteiger charge is -2.66. The van der Waals surface area contributed by atoms with Gasteiger partial charge in [0, 0.05) is 0 Å². The summed E-state index contributed by atoms with van der Waals surface area (Å²) in [7, 11) is 0. The van der Waals surface area contributed by atoms with Crippen LogP contribution in [0.2, 0.25) is 0 Å². The third-order valence-corrected chi connectivity index (χ3v) is 5.97. The molecule has 4 bridgehead atoms. The fourth-order valence-electron chi connectivity index (χ4n) is 5.25. The topological polar surface area (TPSA) is 0 Å². The Morgan fingerprint density at radius 2 is 1.93 bits per heavy atom. The summed E-state index contributed by atoms with van der Waals surface area (Å²) in [6.45, 7) is 9.98. The van der Waals surface area contributed by atoms with Crippen LogP contribution in [-0.2, 0) is 0 Å². The SMILES string of the molecule is CC1=CC[C@@H]2[C@H]3[C@H]1[C@]2(C)CCCC3(C)C. The number of allylic oxidation sites excluding steroid dienone is 2. The third kappa shape index (κ3) is 1.04. The smallest absolute Gasteiger partial charge is 0.0113 e. The highest BCUT2D eigenvalue weighted by molar-refractivity contribution is 5.28.